The van der Waals surface area contributed by atoms with E-state index < -0.39 is 34.9 Å². The molecule has 0 unspecified atom stereocenters. The van der Waals surface area contributed by atoms with Gasteiger partial charge < -0.3 is 10.4 Å². The van der Waals surface area contributed by atoms with Gasteiger partial charge in [-0.25, -0.2) is 9.37 Å². The van der Waals surface area contributed by atoms with Crippen LogP contribution in [0, 0.1) is 11.7 Å². The molecule has 160 valence electrons. The van der Waals surface area contributed by atoms with Crippen LogP contribution in [0.5, 0.6) is 0 Å². The molecule has 0 spiro atoms. The molecule has 0 amide bonds. The molecule has 1 aromatic carbocycles. The fourth-order valence-corrected chi connectivity index (χ4v) is 2.61. The van der Waals surface area contributed by atoms with Crippen molar-refractivity contribution >= 4 is 0 Å². The zero-order valence-corrected chi connectivity index (χ0v) is 15.5. The Hall–Kier alpha value is -2.20. The highest BCUT2D eigenvalue weighted by Crippen LogP contribution is 2.38. The number of nitrogens with one attached hydrogen (secondary N) is 1. The summed E-state index contributed by atoms with van der Waals surface area (Å²) in [4.78, 5) is 3.90. The molecule has 2 aromatic rings. The number of pyridine rings is 1. The van der Waals surface area contributed by atoms with Crippen molar-refractivity contribution in [3.63, 3.8) is 0 Å². The maximum absolute atomic E-state index is 14.1. The molecule has 2 rings (SSSR count). The molecule has 1 atom stereocenters. The summed E-state index contributed by atoms with van der Waals surface area (Å²) in [6.07, 6.45) is -9.99. The van der Waals surface area contributed by atoms with E-state index in [1.807, 2.05) is 13.8 Å². The van der Waals surface area contributed by atoms with E-state index in [4.69, 9.17) is 0 Å². The van der Waals surface area contributed by atoms with Crippen molar-refractivity contribution in [1.82, 2.24) is 10.3 Å². The summed E-state index contributed by atoms with van der Waals surface area (Å²) in [5, 5.41) is 12.2. The first-order valence-electron chi connectivity index (χ1n) is 8.62. The van der Waals surface area contributed by atoms with Crippen LogP contribution in [0.1, 0.15) is 30.7 Å². The van der Waals surface area contributed by atoms with Crippen LogP contribution in [0.25, 0.3) is 11.3 Å². The topological polar surface area (TPSA) is 45.1 Å². The van der Waals surface area contributed by atoms with Gasteiger partial charge in [-0.2, -0.15) is 26.3 Å². The number of aliphatic hydroxyl groups is 1. The van der Waals surface area contributed by atoms with E-state index >= 15 is 0 Å². The Kier molecular flexibility index (Phi) is 6.89. The summed E-state index contributed by atoms with van der Waals surface area (Å²) in [5.74, 6) is -0.770. The van der Waals surface area contributed by atoms with E-state index in [0.29, 0.717) is 12.1 Å². The van der Waals surface area contributed by atoms with Crippen LogP contribution < -0.4 is 5.32 Å². The van der Waals surface area contributed by atoms with E-state index in [1.54, 1.807) is 0 Å². The van der Waals surface area contributed by atoms with Crippen LogP contribution in [0.4, 0.5) is 30.7 Å². The number of benzene rings is 1. The molecule has 0 aliphatic heterocycles. The Morgan fingerprint density at radius 3 is 1.97 bits per heavy atom. The number of hydrogen-bond acceptors (Lipinski definition) is 3. The molecular formula is C19H19F7N2O. The monoisotopic (exact) mass is 424 g/mol. The molecule has 0 saturated heterocycles. The van der Waals surface area contributed by atoms with Crippen LogP contribution in [0.3, 0.4) is 0 Å². The van der Waals surface area contributed by atoms with E-state index in [0.717, 1.165) is 12.1 Å². The molecule has 29 heavy (non-hydrogen) atoms. The highest BCUT2D eigenvalue weighted by molar-refractivity contribution is 5.62. The minimum atomic E-state index is -4.99. The van der Waals surface area contributed by atoms with Crippen molar-refractivity contribution in [3.8, 4) is 11.3 Å². The van der Waals surface area contributed by atoms with Gasteiger partial charge in [0.05, 0.1) is 29.1 Å². The van der Waals surface area contributed by atoms with Crippen LogP contribution in [-0.4, -0.2) is 22.7 Å². The van der Waals surface area contributed by atoms with Crippen molar-refractivity contribution in [2.24, 2.45) is 5.92 Å². The lowest BCUT2D eigenvalue weighted by molar-refractivity contribution is -0.143. The van der Waals surface area contributed by atoms with Gasteiger partial charge in [0.15, 0.2) is 0 Å². The Balaban J connectivity index is 2.46. The molecule has 0 aliphatic carbocycles. The van der Waals surface area contributed by atoms with Gasteiger partial charge in [0.1, 0.15) is 5.82 Å². The van der Waals surface area contributed by atoms with E-state index in [-0.39, 0.29) is 42.6 Å². The largest absolute Gasteiger partial charge is 0.416 e. The quantitative estimate of drug-likeness (QED) is 0.640. The van der Waals surface area contributed by atoms with Crippen molar-refractivity contribution in [2.45, 2.75) is 38.8 Å². The van der Waals surface area contributed by atoms with Crippen molar-refractivity contribution < 1.29 is 35.8 Å². The smallest absolute Gasteiger partial charge is 0.395 e. The zero-order chi connectivity index (χ0) is 22.0. The van der Waals surface area contributed by atoms with Gasteiger partial charge in [-0.1, -0.05) is 13.8 Å². The number of aromatic nitrogens is 1. The summed E-state index contributed by atoms with van der Waals surface area (Å²) >= 11 is 0. The van der Waals surface area contributed by atoms with Gasteiger partial charge >= 0.3 is 12.4 Å². The Morgan fingerprint density at radius 1 is 0.966 bits per heavy atom. The zero-order valence-electron chi connectivity index (χ0n) is 15.5. The highest BCUT2D eigenvalue weighted by Gasteiger charge is 2.37. The third-order valence-corrected chi connectivity index (χ3v) is 4.34. The van der Waals surface area contributed by atoms with Crippen molar-refractivity contribution in [1.29, 1.82) is 0 Å². The van der Waals surface area contributed by atoms with E-state index in [2.05, 4.69) is 10.3 Å². The first kappa shape index (κ1) is 23.1. The molecule has 1 aromatic heterocycles. The number of nitrogens with zero attached hydrogens (tertiary/aromatic N) is 1. The van der Waals surface area contributed by atoms with Crippen LogP contribution >= 0.6 is 0 Å². The average molecular weight is 424 g/mol. The first-order chi connectivity index (χ1) is 13.3. The average Bonchev–Trinajstić information content (AvgIpc) is 2.61. The summed E-state index contributed by atoms with van der Waals surface area (Å²) in [5.41, 5.74) is -3.81. The normalized spacial score (nSPS) is 13.8. The lowest BCUT2D eigenvalue weighted by Gasteiger charge is -2.20. The second-order valence-corrected chi connectivity index (χ2v) is 6.83. The molecule has 10 heteroatoms. The summed E-state index contributed by atoms with van der Waals surface area (Å²) in [6, 6.07) is 2.65. The molecule has 0 fully saturated rings. The maximum atomic E-state index is 14.1. The number of alkyl halides is 6. The van der Waals surface area contributed by atoms with Gasteiger partial charge in [-0.3, -0.25) is 0 Å². The lowest BCUT2D eigenvalue weighted by atomic mass is 10.0. The van der Waals surface area contributed by atoms with Crippen LogP contribution in [0.2, 0.25) is 0 Å². The van der Waals surface area contributed by atoms with Gasteiger partial charge in [-0.15, -0.1) is 0 Å². The molecule has 0 bridgehead atoms. The van der Waals surface area contributed by atoms with Gasteiger partial charge in [0, 0.05) is 18.2 Å². The fraction of sp³-hybridized carbons (Fsp3) is 0.421. The first-order valence-corrected chi connectivity index (χ1v) is 8.62. The van der Waals surface area contributed by atoms with Crippen LogP contribution in [0.15, 0.2) is 30.3 Å². The highest BCUT2D eigenvalue weighted by atomic mass is 19.4. The fourth-order valence-electron chi connectivity index (χ4n) is 2.61. The maximum Gasteiger partial charge on any atom is 0.416 e. The van der Waals surface area contributed by atoms with Gasteiger partial charge in [-0.05, 0) is 36.2 Å². The summed E-state index contributed by atoms with van der Waals surface area (Å²) in [6.45, 7) is 3.24. The Morgan fingerprint density at radius 2 is 1.52 bits per heavy atom. The molecule has 0 radical (unpaired) electrons. The second kappa shape index (κ2) is 8.66. The third-order valence-electron chi connectivity index (χ3n) is 4.34. The Bertz CT molecular complexity index is 815. The number of rotatable bonds is 6. The SMILES string of the molecule is CC(C)[C@H](CO)NCc1nc(-c2cc(C(F)(F)F)cc(C(F)(F)F)c2)ccc1F. The lowest BCUT2D eigenvalue weighted by Crippen LogP contribution is -2.36. The minimum Gasteiger partial charge on any atom is -0.395 e. The number of hydrogen-bond donors (Lipinski definition) is 2. The van der Waals surface area contributed by atoms with Gasteiger partial charge in [0.25, 0.3) is 0 Å². The van der Waals surface area contributed by atoms with E-state index in [1.165, 1.54) is 0 Å². The molecule has 3 nitrogen and oxygen atoms in total. The predicted octanol–water partition coefficient (Wildman–Crippen LogP) is 5.03. The number of aliphatic hydroxyl groups excluding tert-OH is 1. The predicted molar refractivity (Wildman–Crippen MR) is 92.2 cm³/mol. The van der Waals surface area contributed by atoms with Gasteiger partial charge in [0.2, 0.25) is 0 Å². The second-order valence-electron chi connectivity index (χ2n) is 6.83. The molecule has 0 aliphatic rings. The third kappa shape index (κ3) is 5.89. The molecule has 2 N–H and O–H groups in total. The standard InChI is InChI=1S/C19H19F7N2O/c1-10(2)17(9-29)27-8-16-14(20)3-4-15(28-16)11-5-12(18(21,22)23)7-13(6-11)19(24,25)26/h3-7,10,17,27,29H,8-9H2,1-2H3/t17-/m0/s1. The number of halogens is 7. The van der Waals surface area contributed by atoms with E-state index in [9.17, 15) is 35.8 Å². The van der Waals surface area contributed by atoms with Crippen LogP contribution in [-0.2, 0) is 18.9 Å². The summed E-state index contributed by atoms with van der Waals surface area (Å²) < 4.78 is 92.3. The minimum absolute atomic E-state index is 0.00375. The van der Waals surface area contributed by atoms with Crippen molar-refractivity contribution in [2.75, 3.05) is 6.61 Å². The Labute approximate surface area is 162 Å². The summed E-state index contributed by atoms with van der Waals surface area (Å²) in [7, 11) is 0. The molecule has 0 saturated carbocycles. The molecule has 1 heterocycles. The van der Waals surface area contributed by atoms with Crippen molar-refractivity contribution in [3.05, 3.63) is 53.0 Å². The molecular weight excluding hydrogens is 405 g/mol.